The summed E-state index contributed by atoms with van der Waals surface area (Å²) in [4.78, 5) is 19.0. The lowest BCUT2D eigenvalue weighted by molar-refractivity contribution is -0.386. The van der Waals surface area contributed by atoms with Crippen molar-refractivity contribution in [3.8, 4) is 0 Å². The minimum absolute atomic E-state index is 0.0559. The summed E-state index contributed by atoms with van der Waals surface area (Å²) in [6, 6.07) is 15.8. The van der Waals surface area contributed by atoms with Gasteiger partial charge in [-0.25, -0.2) is 4.98 Å². The van der Waals surface area contributed by atoms with Gasteiger partial charge in [0.25, 0.3) is 11.7 Å². The fourth-order valence-electron chi connectivity index (χ4n) is 4.29. The Morgan fingerprint density at radius 3 is 2.50 bits per heavy atom. The Balaban J connectivity index is 1.78. The molecule has 1 N–H and O–H groups in total. The highest BCUT2D eigenvalue weighted by Crippen LogP contribution is 2.33. The summed E-state index contributed by atoms with van der Waals surface area (Å²) in [5.74, 6) is 1.87. The van der Waals surface area contributed by atoms with Gasteiger partial charge < -0.3 is 4.42 Å². The molecule has 0 amide bonds. The van der Waals surface area contributed by atoms with Gasteiger partial charge in [0.2, 0.25) is 0 Å². The Bertz CT molecular complexity index is 1320. The summed E-state index contributed by atoms with van der Waals surface area (Å²) in [5.41, 5.74) is 12.3. The van der Waals surface area contributed by atoms with Gasteiger partial charge in [0.1, 0.15) is 5.52 Å². The summed E-state index contributed by atoms with van der Waals surface area (Å²) in [5, 5.41) is 0. The van der Waals surface area contributed by atoms with E-state index in [-0.39, 0.29) is 5.41 Å². The number of para-hydroxylation sites is 1. The summed E-state index contributed by atoms with van der Waals surface area (Å²) in [6.07, 6.45) is 5.49. The molecule has 0 saturated carbocycles. The number of guanidine groups is 1. The lowest BCUT2D eigenvalue weighted by Crippen LogP contribution is -2.31. The van der Waals surface area contributed by atoms with Gasteiger partial charge in [0.05, 0.1) is 6.54 Å². The molecule has 1 unspecified atom stereocenters. The maximum Gasteiger partial charge on any atom is 0.406 e. The molecule has 36 heavy (non-hydrogen) atoms. The number of hydrogen-bond donors (Lipinski definition) is 1. The van der Waals surface area contributed by atoms with E-state index in [0.717, 1.165) is 40.6 Å². The zero-order valence-electron chi connectivity index (χ0n) is 22.1. The largest absolute Gasteiger partial charge is 0.432 e. The molecule has 188 valence electrons. The van der Waals surface area contributed by atoms with Crippen molar-refractivity contribution >= 4 is 28.7 Å². The molecule has 1 aliphatic rings. The first-order valence-corrected chi connectivity index (χ1v) is 13.1. The number of fused-ring (bicyclic) bond motifs is 1. The van der Waals surface area contributed by atoms with Crippen molar-refractivity contribution in [2.75, 3.05) is 6.54 Å². The molecule has 0 fully saturated rings. The molecule has 4 rings (SSSR count). The second kappa shape index (κ2) is 11.1. The molecule has 7 heteroatoms. The van der Waals surface area contributed by atoms with Crippen LogP contribution in [0.2, 0.25) is 0 Å². The predicted molar refractivity (Wildman–Crippen MR) is 145 cm³/mol. The van der Waals surface area contributed by atoms with Gasteiger partial charge in [-0.15, -0.1) is 4.99 Å². The van der Waals surface area contributed by atoms with Gasteiger partial charge in [-0.2, -0.15) is 5.53 Å². The molecule has 2 aromatic carbocycles. The number of aromatic nitrogens is 1. The van der Waals surface area contributed by atoms with E-state index >= 15 is 0 Å². The lowest BCUT2D eigenvalue weighted by Gasteiger charge is -2.23. The normalized spacial score (nSPS) is 16.4. The summed E-state index contributed by atoms with van der Waals surface area (Å²) >= 11 is 0. The van der Waals surface area contributed by atoms with Crippen molar-refractivity contribution < 1.29 is 9.11 Å². The molecular weight excluding hydrogens is 448 g/mol. The minimum Gasteiger partial charge on any atom is -0.432 e. The zero-order valence-corrected chi connectivity index (χ0v) is 22.1. The van der Waals surface area contributed by atoms with Crippen molar-refractivity contribution in [2.45, 2.75) is 72.1 Å². The van der Waals surface area contributed by atoms with E-state index in [4.69, 9.17) is 24.9 Å². The van der Waals surface area contributed by atoms with Crippen LogP contribution in [-0.2, 0) is 5.41 Å². The number of hydrogen-bond acceptors (Lipinski definition) is 5. The number of aliphatic imine (C=N–C) groups is 3. The number of amidine groups is 2. The molecule has 0 radical (unpaired) electrons. The molecule has 3 aromatic rings. The van der Waals surface area contributed by atoms with Crippen LogP contribution in [-0.4, -0.2) is 33.9 Å². The maximum atomic E-state index is 8.87. The first kappa shape index (κ1) is 25.6. The predicted octanol–water partition coefficient (Wildman–Crippen LogP) is 7.34. The Labute approximate surface area is 213 Å². The van der Waals surface area contributed by atoms with Crippen LogP contribution in [0.1, 0.15) is 83.7 Å². The topological polar surface area (TPSA) is 90.0 Å². The summed E-state index contributed by atoms with van der Waals surface area (Å²) in [6.45, 7) is 11.6. The van der Waals surface area contributed by atoms with E-state index in [9.17, 15) is 0 Å². The summed E-state index contributed by atoms with van der Waals surface area (Å²) < 4.78 is 7.34. The molecule has 0 saturated heterocycles. The quantitative estimate of drug-likeness (QED) is 0.304. The minimum atomic E-state index is -0.0559. The third-order valence-electron chi connectivity index (χ3n) is 7.12. The first-order chi connectivity index (χ1) is 17.4. The molecule has 7 nitrogen and oxygen atoms in total. The van der Waals surface area contributed by atoms with E-state index in [1.807, 2.05) is 42.5 Å². The molecule has 1 aromatic heterocycles. The number of oxazole rings is 1. The number of nitrogens with one attached hydrogen (secondary N) is 1. The Kier molecular flexibility index (Phi) is 7.87. The monoisotopic (exact) mass is 485 g/mol. The average molecular weight is 486 g/mol. The van der Waals surface area contributed by atoms with Crippen LogP contribution in [0.4, 0.5) is 0 Å². The van der Waals surface area contributed by atoms with Crippen molar-refractivity contribution in [2.24, 2.45) is 20.9 Å². The number of benzene rings is 2. The van der Waals surface area contributed by atoms with E-state index < -0.39 is 0 Å². The molecule has 0 aliphatic carbocycles. The summed E-state index contributed by atoms with van der Waals surface area (Å²) in [7, 11) is 0. The van der Waals surface area contributed by atoms with Gasteiger partial charge in [-0.05, 0) is 47.9 Å². The number of unbranched alkanes of at least 4 members (excludes halogenated alkanes) is 1. The van der Waals surface area contributed by atoms with Gasteiger partial charge in [0.15, 0.2) is 5.58 Å². The van der Waals surface area contributed by atoms with Crippen molar-refractivity contribution in [3.05, 3.63) is 65.5 Å². The molecule has 1 aliphatic heterocycles. The molecular formula is C29H37N6O+. The van der Waals surface area contributed by atoms with Crippen molar-refractivity contribution in [1.29, 1.82) is 5.53 Å². The molecule has 0 bridgehead atoms. The maximum absolute atomic E-state index is 8.87. The van der Waals surface area contributed by atoms with Crippen molar-refractivity contribution in [1.82, 2.24) is 4.98 Å². The van der Waals surface area contributed by atoms with Crippen molar-refractivity contribution in [3.63, 3.8) is 0 Å². The highest BCUT2D eigenvalue weighted by Gasteiger charge is 2.34. The third-order valence-corrected chi connectivity index (χ3v) is 7.12. The third kappa shape index (κ3) is 5.35. The number of nitrogens with zero attached hydrogens (tertiary/aromatic N) is 5. The van der Waals surface area contributed by atoms with Crippen LogP contribution in [0.5, 0.6) is 0 Å². The van der Waals surface area contributed by atoms with Crippen LogP contribution in [0.3, 0.4) is 0 Å². The number of rotatable bonds is 10. The van der Waals surface area contributed by atoms with Crippen LogP contribution >= 0.6 is 0 Å². The van der Waals surface area contributed by atoms with E-state index in [1.165, 1.54) is 12.8 Å². The standard InChI is InChI=1S/C29H37N6O/c1-6-9-14-20(7-2)19-31-28-34-25(21-15-11-10-12-16-21)33-26(35(28)30)27-32-24-22(29(4,5)8-3)17-13-18-23(24)36-27/h10-13,15-18,20,30H,6-9,14,19H2,1-5H3/q+1. The van der Waals surface area contributed by atoms with Gasteiger partial charge in [0, 0.05) is 5.56 Å². The van der Waals surface area contributed by atoms with E-state index in [1.54, 1.807) is 0 Å². The smallest absolute Gasteiger partial charge is 0.406 e. The second-order valence-corrected chi connectivity index (χ2v) is 10.0. The zero-order chi connectivity index (χ0) is 25.7. The van der Waals surface area contributed by atoms with Crippen LogP contribution in [0.15, 0.2) is 67.9 Å². The highest BCUT2D eigenvalue weighted by atomic mass is 16.3. The second-order valence-electron chi connectivity index (χ2n) is 10.0. The molecule has 2 heterocycles. The Morgan fingerprint density at radius 1 is 1.03 bits per heavy atom. The van der Waals surface area contributed by atoms with E-state index in [2.05, 4.69) is 45.7 Å². The lowest BCUT2D eigenvalue weighted by atomic mass is 9.81. The van der Waals surface area contributed by atoms with Crippen LogP contribution in [0, 0.1) is 11.4 Å². The fourth-order valence-corrected chi connectivity index (χ4v) is 4.29. The van der Waals surface area contributed by atoms with Crippen LogP contribution in [0.25, 0.3) is 11.1 Å². The molecule has 1 atom stereocenters. The Hall–Kier alpha value is -3.48. The SMILES string of the molecule is CCCCC(CC)CN=C1N=C(c2ccccc2)N=C(c2nc3c(C(C)(C)CC)cccc3o2)[N+]1=N. The first-order valence-electron chi connectivity index (χ1n) is 13.1. The fraction of sp³-hybridized carbons (Fsp3) is 0.448. The Morgan fingerprint density at radius 2 is 1.81 bits per heavy atom. The highest BCUT2D eigenvalue weighted by molar-refractivity contribution is 6.15. The van der Waals surface area contributed by atoms with Gasteiger partial charge in [-0.3, -0.25) is 0 Å². The van der Waals surface area contributed by atoms with E-state index in [0.29, 0.717) is 41.6 Å². The van der Waals surface area contributed by atoms with Gasteiger partial charge in [-0.1, -0.05) is 98.9 Å². The average Bonchev–Trinajstić information content (AvgIpc) is 3.34. The molecule has 0 spiro atoms. The van der Waals surface area contributed by atoms with Gasteiger partial charge >= 0.3 is 11.8 Å². The van der Waals surface area contributed by atoms with Crippen LogP contribution < -0.4 is 0 Å².